The molecule has 2 heterocycles. The Morgan fingerprint density at radius 1 is 1.06 bits per heavy atom. The number of rotatable bonds is 4. The van der Waals surface area contributed by atoms with Crippen LogP contribution in [0.15, 0.2) is 41.3 Å². The normalized spacial score (nSPS) is 13.2. The lowest BCUT2D eigenvalue weighted by atomic mass is 10.1. The number of aromatic nitrogens is 2. The van der Waals surface area contributed by atoms with E-state index in [1.54, 1.807) is 31.2 Å². The second-order valence-electron chi connectivity index (χ2n) is 7.35. The van der Waals surface area contributed by atoms with E-state index < -0.39 is 11.8 Å². The molecule has 2 aromatic carbocycles. The second-order valence-corrected chi connectivity index (χ2v) is 8.13. The maximum atomic E-state index is 12.8. The fourth-order valence-corrected chi connectivity index (χ4v) is 3.89. The van der Waals surface area contributed by atoms with Gasteiger partial charge < -0.3 is 9.72 Å². The first-order valence-corrected chi connectivity index (χ1v) is 10.2. The summed E-state index contributed by atoms with van der Waals surface area (Å²) in [6, 6.07) is 8.04. The molecule has 0 saturated carbocycles. The van der Waals surface area contributed by atoms with Crippen LogP contribution < -0.4 is 15.2 Å². The molecule has 158 valence electrons. The standard InChI is InChI=1S/C22H17Cl2N3O4/c1-10(2)18-20(28)25-9-16(26-18)31-19-14(23)8-15(11(3)17(19)24)27-21(29)12-6-4-5-7-13(12)22(27)30/h4-10H,1-3H3,(H,25,28). The fraction of sp³-hybridized carbons (Fsp3) is 0.182. The molecule has 0 spiro atoms. The van der Waals surface area contributed by atoms with Gasteiger partial charge in [-0.15, -0.1) is 0 Å². The quantitative estimate of drug-likeness (QED) is 0.549. The molecule has 31 heavy (non-hydrogen) atoms. The Labute approximate surface area is 187 Å². The zero-order chi connectivity index (χ0) is 22.4. The average molecular weight is 458 g/mol. The highest BCUT2D eigenvalue weighted by Gasteiger charge is 2.38. The summed E-state index contributed by atoms with van der Waals surface area (Å²) in [5, 5.41) is 0.208. The molecule has 4 rings (SSSR count). The van der Waals surface area contributed by atoms with E-state index in [0.29, 0.717) is 22.4 Å². The summed E-state index contributed by atoms with van der Waals surface area (Å²) in [7, 11) is 0. The number of imide groups is 1. The molecule has 0 unspecified atom stereocenters. The van der Waals surface area contributed by atoms with Gasteiger partial charge in [0.15, 0.2) is 5.75 Å². The third-order valence-corrected chi connectivity index (χ3v) is 5.71. The molecule has 2 amide bonds. The number of nitrogens with zero attached hydrogens (tertiary/aromatic N) is 2. The number of amides is 2. The summed E-state index contributed by atoms with van der Waals surface area (Å²) < 4.78 is 5.77. The fourth-order valence-electron chi connectivity index (χ4n) is 3.37. The van der Waals surface area contributed by atoms with Gasteiger partial charge in [-0.05, 0) is 30.7 Å². The van der Waals surface area contributed by atoms with Gasteiger partial charge in [0.1, 0.15) is 5.69 Å². The van der Waals surface area contributed by atoms with Gasteiger partial charge in [-0.1, -0.05) is 49.2 Å². The van der Waals surface area contributed by atoms with Crippen molar-refractivity contribution in [2.24, 2.45) is 0 Å². The zero-order valence-electron chi connectivity index (χ0n) is 16.8. The SMILES string of the molecule is Cc1c(N2C(=O)c3ccccc3C2=O)cc(Cl)c(Oc2c[nH]c(=O)c(C(C)C)n2)c1Cl. The van der Waals surface area contributed by atoms with Crippen LogP contribution in [0.25, 0.3) is 0 Å². The van der Waals surface area contributed by atoms with Gasteiger partial charge in [-0.2, -0.15) is 0 Å². The van der Waals surface area contributed by atoms with Crippen molar-refractivity contribution in [2.45, 2.75) is 26.7 Å². The Bertz CT molecular complexity index is 1270. The maximum Gasteiger partial charge on any atom is 0.270 e. The smallest absolute Gasteiger partial charge is 0.270 e. The highest BCUT2D eigenvalue weighted by Crippen LogP contribution is 2.44. The van der Waals surface area contributed by atoms with Crippen molar-refractivity contribution in [2.75, 3.05) is 4.90 Å². The minimum Gasteiger partial charge on any atom is -0.434 e. The van der Waals surface area contributed by atoms with E-state index in [0.717, 1.165) is 4.90 Å². The van der Waals surface area contributed by atoms with E-state index >= 15 is 0 Å². The molecular weight excluding hydrogens is 441 g/mol. The minimum atomic E-state index is -0.451. The topological polar surface area (TPSA) is 92.4 Å². The molecule has 1 aliphatic rings. The van der Waals surface area contributed by atoms with Crippen LogP contribution in [-0.4, -0.2) is 21.8 Å². The van der Waals surface area contributed by atoms with Crippen LogP contribution in [0, 0.1) is 6.92 Å². The predicted molar refractivity (Wildman–Crippen MR) is 118 cm³/mol. The Morgan fingerprint density at radius 3 is 2.26 bits per heavy atom. The zero-order valence-corrected chi connectivity index (χ0v) is 18.3. The van der Waals surface area contributed by atoms with E-state index in [1.165, 1.54) is 12.3 Å². The molecule has 0 fully saturated rings. The molecule has 1 aromatic heterocycles. The number of ether oxygens (including phenoxy) is 1. The van der Waals surface area contributed by atoms with Crippen LogP contribution in [0.4, 0.5) is 5.69 Å². The van der Waals surface area contributed by atoms with Gasteiger partial charge in [0.05, 0.1) is 33.1 Å². The van der Waals surface area contributed by atoms with Crippen LogP contribution >= 0.6 is 23.2 Å². The molecule has 3 aromatic rings. The molecule has 0 radical (unpaired) electrons. The van der Waals surface area contributed by atoms with Crippen molar-refractivity contribution in [3.8, 4) is 11.6 Å². The summed E-state index contributed by atoms with van der Waals surface area (Å²) in [6.45, 7) is 5.33. The van der Waals surface area contributed by atoms with Crippen molar-refractivity contribution in [3.05, 3.63) is 79.3 Å². The van der Waals surface area contributed by atoms with Crippen molar-refractivity contribution in [1.82, 2.24) is 9.97 Å². The summed E-state index contributed by atoms with van der Waals surface area (Å²) in [5.41, 5.74) is 1.34. The molecular formula is C22H17Cl2N3O4. The molecule has 1 aliphatic heterocycles. The average Bonchev–Trinajstić information content (AvgIpc) is 2.99. The lowest BCUT2D eigenvalue weighted by Gasteiger charge is -2.20. The Morgan fingerprint density at radius 2 is 1.68 bits per heavy atom. The number of carbonyl (C=O) groups excluding carboxylic acids is 2. The van der Waals surface area contributed by atoms with Crippen LogP contribution in [0.1, 0.15) is 51.7 Å². The molecule has 1 N–H and O–H groups in total. The third kappa shape index (κ3) is 3.49. The molecule has 0 bridgehead atoms. The second kappa shape index (κ2) is 7.83. The highest BCUT2D eigenvalue weighted by atomic mass is 35.5. The minimum absolute atomic E-state index is 0.0845. The predicted octanol–water partition coefficient (Wildman–Crippen LogP) is 5.10. The Kier molecular flexibility index (Phi) is 5.33. The van der Waals surface area contributed by atoms with Crippen molar-refractivity contribution in [1.29, 1.82) is 0 Å². The number of anilines is 1. The van der Waals surface area contributed by atoms with Gasteiger partial charge in [-0.3, -0.25) is 14.4 Å². The highest BCUT2D eigenvalue weighted by molar-refractivity contribution is 6.40. The molecule has 0 aliphatic carbocycles. The number of H-pyrrole nitrogens is 1. The van der Waals surface area contributed by atoms with Gasteiger partial charge in [0.25, 0.3) is 17.4 Å². The molecule has 9 heteroatoms. The van der Waals surface area contributed by atoms with Crippen molar-refractivity contribution in [3.63, 3.8) is 0 Å². The number of halogens is 2. The number of nitrogens with one attached hydrogen (secondary N) is 1. The number of hydrogen-bond donors (Lipinski definition) is 1. The van der Waals surface area contributed by atoms with Crippen molar-refractivity contribution >= 4 is 40.7 Å². The largest absolute Gasteiger partial charge is 0.434 e. The van der Waals surface area contributed by atoms with Crippen LogP contribution in [0.2, 0.25) is 10.0 Å². The van der Waals surface area contributed by atoms with E-state index in [4.69, 9.17) is 27.9 Å². The first-order valence-electron chi connectivity index (χ1n) is 9.44. The van der Waals surface area contributed by atoms with Gasteiger partial charge >= 0.3 is 0 Å². The van der Waals surface area contributed by atoms with Gasteiger partial charge in [0.2, 0.25) is 5.88 Å². The molecule has 0 saturated heterocycles. The molecule has 0 atom stereocenters. The van der Waals surface area contributed by atoms with E-state index in [1.807, 2.05) is 13.8 Å². The van der Waals surface area contributed by atoms with Gasteiger partial charge in [0, 0.05) is 5.92 Å². The van der Waals surface area contributed by atoms with E-state index in [2.05, 4.69) is 9.97 Å². The summed E-state index contributed by atoms with van der Waals surface area (Å²) >= 11 is 12.9. The lowest BCUT2D eigenvalue weighted by molar-refractivity contribution is 0.0926. The van der Waals surface area contributed by atoms with Gasteiger partial charge in [-0.25, -0.2) is 9.88 Å². The molecule has 7 nitrogen and oxygen atoms in total. The summed E-state index contributed by atoms with van der Waals surface area (Å²) in [5.74, 6) is -0.798. The number of benzene rings is 2. The monoisotopic (exact) mass is 457 g/mol. The number of hydrogen-bond acceptors (Lipinski definition) is 5. The first-order chi connectivity index (χ1) is 14.7. The van der Waals surface area contributed by atoms with E-state index in [-0.39, 0.29) is 38.8 Å². The van der Waals surface area contributed by atoms with E-state index in [9.17, 15) is 14.4 Å². The number of carbonyl (C=O) groups is 2. The number of fused-ring (bicyclic) bond motifs is 1. The van der Waals surface area contributed by atoms with Crippen LogP contribution in [0.5, 0.6) is 11.6 Å². The van der Waals surface area contributed by atoms with Crippen LogP contribution in [-0.2, 0) is 0 Å². The first kappa shape index (κ1) is 21.1. The number of aromatic amines is 1. The third-order valence-electron chi connectivity index (χ3n) is 4.97. The van der Waals surface area contributed by atoms with Crippen LogP contribution in [0.3, 0.4) is 0 Å². The Balaban J connectivity index is 1.75. The summed E-state index contributed by atoms with van der Waals surface area (Å²) in [4.78, 5) is 45.4. The maximum absolute atomic E-state index is 12.8. The summed E-state index contributed by atoms with van der Waals surface area (Å²) in [6.07, 6.45) is 1.31. The Hall–Kier alpha value is -3.16. The lowest BCUT2D eigenvalue weighted by Crippen LogP contribution is -2.30. The van der Waals surface area contributed by atoms with Crippen molar-refractivity contribution < 1.29 is 14.3 Å².